The Labute approximate surface area is 144 Å². The highest BCUT2D eigenvalue weighted by Gasteiger charge is 2.07. The minimum absolute atomic E-state index is 0.0978. The van der Waals surface area contributed by atoms with Gasteiger partial charge in [0.2, 0.25) is 0 Å². The van der Waals surface area contributed by atoms with Crippen molar-refractivity contribution in [3.05, 3.63) is 65.2 Å². The standard InChI is InChI=1S/C18H19F2NO2S/c1-2-24-12-14-3-7-15(8-4-14)17(22)21-11-13-5-9-16(10-6-13)23-18(19)20/h3-10,18H,2,11-12H2,1H3,(H,21,22). The maximum Gasteiger partial charge on any atom is 0.387 e. The van der Waals surface area contributed by atoms with Gasteiger partial charge in [0.05, 0.1) is 0 Å². The molecule has 0 aromatic heterocycles. The number of hydrogen-bond acceptors (Lipinski definition) is 3. The van der Waals surface area contributed by atoms with Gasteiger partial charge in [0.15, 0.2) is 0 Å². The van der Waals surface area contributed by atoms with Gasteiger partial charge in [-0.3, -0.25) is 4.79 Å². The van der Waals surface area contributed by atoms with Crippen molar-refractivity contribution in [2.24, 2.45) is 0 Å². The number of alkyl halides is 2. The molecule has 2 rings (SSSR count). The molecule has 0 spiro atoms. The second-order valence-corrected chi connectivity index (χ2v) is 6.31. The van der Waals surface area contributed by atoms with Crippen molar-refractivity contribution < 1.29 is 18.3 Å². The Morgan fingerprint density at radius 2 is 1.71 bits per heavy atom. The molecular formula is C18H19F2NO2S. The number of halogens is 2. The third kappa shape index (κ3) is 5.85. The normalized spacial score (nSPS) is 10.7. The van der Waals surface area contributed by atoms with Crippen molar-refractivity contribution in [1.29, 1.82) is 0 Å². The molecule has 2 aromatic carbocycles. The summed E-state index contributed by atoms with van der Waals surface area (Å²) in [5.74, 6) is 1.92. The number of rotatable bonds is 8. The molecule has 6 heteroatoms. The lowest BCUT2D eigenvalue weighted by molar-refractivity contribution is -0.0498. The molecule has 0 bridgehead atoms. The van der Waals surface area contributed by atoms with E-state index >= 15 is 0 Å². The lowest BCUT2D eigenvalue weighted by Crippen LogP contribution is -2.22. The molecule has 0 unspecified atom stereocenters. The van der Waals surface area contributed by atoms with Crippen LogP contribution < -0.4 is 10.1 Å². The van der Waals surface area contributed by atoms with Crippen LogP contribution in [0.5, 0.6) is 5.75 Å². The molecule has 0 heterocycles. The van der Waals surface area contributed by atoms with Crippen molar-refractivity contribution in [2.75, 3.05) is 5.75 Å². The van der Waals surface area contributed by atoms with Crippen LogP contribution in [0, 0.1) is 0 Å². The second-order valence-electron chi connectivity index (χ2n) is 5.04. The molecule has 2 aromatic rings. The van der Waals surface area contributed by atoms with Crippen LogP contribution in [0.25, 0.3) is 0 Å². The first kappa shape index (κ1) is 18.3. The second kappa shape index (κ2) is 9.27. The fourth-order valence-corrected chi connectivity index (χ4v) is 2.68. The highest BCUT2D eigenvalue weighted by atomic mass is 32.2. The van der Waals surface area contributed by atoms with Gasteiger partial charge in [-0.2, -0.15) is 20.5 Å². The minimum atomic E-state index is -2.84. The van der Waals surface area contributed by atoms with E-state index in [-0.39, 0.29) is 11.7 Å². The molecule has 0 fully saturated rings. The maximum atomic E-state index is 12.1. The molecule has 128 valence electrons. The smallest absolute Gasteiger partial charge is 0.387 e. The summed E-state index contributed by atoms with van der Waals surface area (Å²) in [6.45, 7) is -0.408. The Balaban J connectivity index is 1.86. The fourth-order valence-electron chi connectivity index (χ4n) is 2.05. The Morgan fingerprint density at radius 3 is 2.29 bits per heavy atom. The van der Waals surface area contributed by atoms with E-state index in [1.54, 1.807) is 24.3 Å². The van der Waals surface area contributed by atoms with Crippen LogP contribution in [0.15, 0.2) is 48.5 Å². The molecule has 0 radical (unpaired) electrons. The molecule has 0 saturated heterocycles. The average molecular weight is 351 g/mol. The van der Waals surface area contributed by atoms with Crippen LogP contribution in [0.4, 0.5) is 8.78 Å². The highest BCUT2D eigenvalue weighted by molar-refractivity contribution is 7.98. The number of ether oxygens (including phenoxy) is 1. The van der Waals surface area contributed by atoms with Gasteiger partial charge in [-0.15, -0.1) is 0 Å². The quantitative estimate of drug-likeness (QED) is 0.762. The maximum absolute atomic E-state index is 12.1. The van der Waals surface area contributed by atoms with E-state index in [0.717, 1.165) is 17.1 Å². The zero-order valence-electron chi connectivity index (χ0n) is 13.3. The van der Waals surface area contributed by atoms with Crippen molar-refractivity contribution in [1.82, 2.24) is 5.32 Å². The van der Waals surface area contributed by atoms with Crippen LogP contribution in [-0.2, 0) is 12.3 Å². The molecule has 3 nitrogen and oxygen atoms in total. The molecule has 0 aliphatic carbocycles. The van der Waals surface area contributed by atoms with Gasteiger partial charge in [-0.05, 0) is 41.1 Å². The van der Waals surface area contributed by atoms with Gasteiger partial charge in [0.1, 0.15) is 5.75 Å². The summed E-state index contributed by atoms with van der Waals surface area (Å²) in [5, 5.41) is 2.81. The van der Waals surface area contributed by atoms with Crippen LogP contribution in [0.1, 0.15) is 28.4 Å². The first-order chi connectivity index (χ1) is 11.6. The van der Waals surface area contributed by atoms with Crippen molar-refractivity contribution in [2.45, 2.75) is 25.8 Å². The number of amides is 1. The van der Waals surface area contributed by atoms with Gasteiger partial charge in [-0.25, -0.2) is 0 Å². The summed E-state index contributed by atoms with van der Waals surface area (Å²) >= 11 is 1.83. The molecule has 0 atom stereocenters. The van der Waals surface area contributed by atoms with Gasteiger partial charge < -0.3 is 10.1 Å². The summed E-state index contributed by atoms with van der Waals surface area (Å²) in [7, 11) is 0. The van der Waals surface area contributed by atoms with E-state index in [0.29, 0.717) is 12.1 Å². The number of carbonyl (C=O) groups is 1. The Hall–Kier alpha value is -2.08. The van der Waals surface area contributed by atoms with E-state index in [1.807, 2.05) is 23.9 Å². The first-order valence-electron chi connectivity index (χ1n) is 7.57. The van der Waals surface area contributed by atoms with Gasteiger partial charge in [-0.1, -0.05) is 31.2 Å². The van der Waals surface area contributed by atoms with Crippen LogP contribution in [0.2, 0.25) is 0 Å². The third-order valence-corrected chi connectivity index (χ3v) is 4.24. The number of benzene rings is 2. The molecule has 0 aliphatic rings. The Morgan fingerprint density at radius 1 is 1.08 bits per heavy atom. The van der Waals surface area contributed by atoms with Gasteiger partial charge >= 0.3 is 6.61 Å². The lowest BCUT2D eigenvalue weighted by Gasteiger charge is -2.08. The Kier molecular flexibility index (Phi) is 7.06. The van der Waals surface area contributed by atoms with Gasteiger partial charge in [0.25, 0.3) is 5.91 Å². The SMILES string of the molecule is CCSCc1ccc(C(=O)NCc2ccc(OC(F)F)cc2)cc1. The lowest BCUT2D eigenvalue weighted by atomic mass is 10.1. The van der Waals surface area contributed by atoms with E-state index < -0.39 is 6.61 Å². The number of thioether (sulfide) groups is 1. The van der Waals surface area contributed by atoms with E-state index in [9.17, 15) is 13.6 Å². The zero-order chi connectivity index (χ0) is 17.4. The number of hydrogen-bond donors (Lipinski definition) is 1. The van der Waals surface area contributed by atoms with Crippen LogP contribution in [0.3, 0.4) is 0 Å². The molecule has 1 N–H and O–H groups in total. The van der Waals surface area contributed by atoms with Crippen molar-refractivity contribution in [3.8, 4) is 5.75 Å². The average Bonchev–Trinajstić information content (AvgIpc) is 2.59. The summed E-state index contributed by atoms with van der Waals surface area (Å²) < 4.78 is 28.4. The third-order valence-electron chi connectivity index (χ3n) is 3.29. The first-order valence-corrected chi connectivity index (χ1v) is 8.72. The summed E-state index contributed by atoms with van der Waals surface area (Å²) in [6.07, 6.45) is 0. The molecular weight excluding hydrogens is 332 g/mol. The molecule has 24 heavy (non-hydrogen) atoms. The monoisotopic (exact) mass is 351 g/mol. The largest absolute Gasteiger partial charge is 0.435 e. The summed E-state index contributed by atoms with van der Waals surface area (Å²) in [4.78, 5) is 12.1. The van der Waals surface area contributed by atoms with Crippen LogP contribution in [-0.4, -0.2) is 18.3 Å². The number of nitrogens with one attached hydrogen (secondary N) is 1. The highest BCUT2D eigenvalue weighted by Crippen LogP contribution is 2.15. The minimum Gasteiger partial charge on any atom is -0.435 e. The Bertz CT molecular complexity index is 645. The molecule has 0 aliphatic heterocycles. The number of carbonyl (C=O) groups excluding carboxylic acids is 1. The van der Waals surface area contributed by atoms with E-state index in [2.05, 4.69) is 17.0 Å². The van der Waals surface area contributed by atoms with E-state index in [1.165, 1.54) is 17.7 Å². The summed E-state index contributed by atoms with van der Waals surface area (Å²) in [6, 6.07) is 13.7. The van der Waals surface area contributed by atoms with Gasteiger partial charge in [0, 0.05) is 17.9 Å². The van der Waals surface area contributed by atoms with Crippen LogP contribution >= 0.6 is 11.8 Å². The van der Waals surface area contributed by atoms with Crippen molar-refractivity contribution in [3.63, 3.8) is 0 Å². The predicted octanol–water partition coefficient (Wildman–Crippen LogP) is 4.47. The van der Waals surface area contributed by atoms with Crippen molar-refractivity contribution >= 4 is 17.7 Å². The zero-order valence-corrected chi connectivity index (χ0v) is 14.1. The fraction of sp³-hybridized carbons (Fsp3) is 0.278. The predicted molar refractivity (Wildman–Crippen MR) is 92.5 cm³/mol. The molecule has 0 saturated carbocycles. The topological polar surface area (TPSA) is 38.3 Å². The van der Waals surface area contributed by atoms with E-state index in [4.69, 9.17) is 0 Å². The molecule has 1 amide bonds. The summed E-state index contributed by atoms with van der Waals surface area (Å²) in [5.41, 5.74) is 2.59.